The van der Waals surface area contributed by atoms with Crippen molar-refractivity contribution >= 4 is 11.8 Å². The molecule has 2 heterocycles. The second-order valence-corrected chi connectivity index (χ2v) is 4.79. The highest BCUT2D eigenvalue weighted by molar-refractivity contribution is 5.91. The zero-order chi connectivity index (χ0) is 14.5. The minimum Gasteiger partial charge on any atom is -0.368 e. The van der Waals surface area contributed by atoms with E-state index in [4.69, 9.17) is 11.6 Å². The zero-order valence-electron chi connectivity index (χ0n) is 11.2. The van der Waals surface area contributed by atoms with E-state index in [-0.39, 0.29) is 17.6 Å². The lowest BCUT2D eigenvalue weighted by Gasteiger charge is -2.33. The summed E-state index contributed by atoms with van der Waals surface area (Å²) in [5.41, 5.74) is 7.57. The fraction of sp³-hybridized carbons (Fsp3) is 0.636. The Hall–Kier alpha value is -2.00. The minimum atomic E-state index is -0.482. The molecule has 2 amide bonds. The molecular formula is C11H19N7O2. The highest BCUT2D eigenvalue weighted by Gasteiger charge is 2.26. The summed E-state index contributed by atoms with van der Waals surface area (Å²) in [5, 5.41) is 7.56. The van der Waals surface area contributed by atoms with Gasteiger partial charge in [0.1, 0.15) is 0 Å². The van der Waals surface area contributed by atoms with Crippen molar-refractivity contribution in [1.82, 2.24) is 25.3 Å². The number of hydrogen-bond donors (Lipinski definition) is 3. The third-order valence-electron chi connectivity index (χ3n) is 3.46. The highest BCUT2D eigenvalue weighted by atomic mass is 16.2. The molecule has 1 fully saturated rings. The van der Waals surface area contributed by atoms with E-state index in [1.54, 1.807) is 4.68 Å². The quantitative estimate of drug-likeness (QED) is 0.332. The first kappa shape index (κ1) is 14.4. The molecule has 1 saturated heterocycles. The van der Waals surface area contributed by atoms with Crippen LogP contribution in [0.4, 0.5) is 0 Å². The topological polar surface area (TPSA) is 132 Å². The van der Waals surface area contributed by atoms with Crippen LogP contribution in [0.1, 0.15) is 29.8 Å². The SMILES string of the molecule is NNC(=O)c1cn(CCN2CCCCC2C(N)=O)nn1. The van der Waals surface area contributed by atoms with Gasteiger partial charge in [0.15, 0.2) is 5.69 Å². The normalized spacial score (nSPS) is 19.8. The number of carbonyl (C=O) groups is 2. The Morgan fingerprint density at radius 2 is 2.20 bits per heavy atom. The highest BCUT2D eigenvalue weighted by Crippen LogP contribution is 2.16. The van der Waals surface area contributed by atoms with Crippen molar-refractivity contribution in [3.63, 3.8) is 0 Å². The molecule has 1 unspecified atom stereocenters. The summed E-state index contributed by atoms with van der Waals surface area (Å²) >= 11 is 0. The van der Waals surface area contributed by atoms with E-state index in [9.17, 15) is 9.59 Å². The van der Waals surface area contributed by atoms with Crippen LogP contribution in [-0.2, 0) is 11.3 Å². The maximum atomic E-state index is 11.4. The number of primary amides is 1. The number of hydrogen-bond acceptors (Lipinski definition) is 6. The molecule has 0 aromatic carbocycles. The van der Waals surface area contributed by atoms with Gasteiger partial charge in [-0.2, -0.15) is 0 Å². The number of likely N-dealkylation sites (tertiary alicyclic amines) is 1. The number of carbonyl (C=O) groups excluding carboxylic acids is 2. The van der Waals surface area contributed by atoms with Gasteiger partial charge in [-0.25, -0.2) is 5.84 Å². The standard InChI is InChI=1S/C11H19N7O2/c12-10(19)9-3-1-2-4-17(9)5-6-18-7-8(15-16-18)11(20)14-13/h7,9H,1-6,13H2,(H2,12,19)(H,14,20). The molecular weight excluding hydrogens is 262 g/mol. The van der Waals surface area contributed by atoms with Gasteiger partial charge in [-0.1, -0.05) is 11.6 Å². The molecule has 1 aromatic rings. The summed E-state index contributed by atoms with van der Waals surface area (Å²) in [6.45, 7) is 2.02. The van der Waals surface area contributed by atoms with Gasteiger partial charge in [-0.3, -0.25) is 24.6 Å². The molecule has 0 aliphatic carbocycles. The van der Waals surface area contributed by atoms with Gasteiger partial charge in [0, 0.05) is 6.54 Å². The average Bonchev–Trinajstić information content (AvgIpc) is 2.93. The van der Waals surface area contributed by atoms with Crippen LogP contribution < -0.4 is 17.0 Å². The van der Waals surface area contributed by atoms with Crippen LogP contribution in [0.25, 0.3) is 0 Å². The lowest BCUT2D eigenvalue weighted by atomic mass is 10.0. The second-order valence-electron chi connectivity index (χ2n) is 4.79. The third-order valence-corrected chi connectivity index (χ3v) is 3.46. The average molecular weight is 281 g/mol. The first-order valence-corrected chi connectivity index (χ1v) is 6.56. The molecule has 0 saturated carbocycles. The Balaban J connectivity index is 1.92. The lowest BCUT2D eigenvalue weighted by Crippen LogP contribution is -2.48. The summed E-state index contributed by atoms with van der Waals surface area (Å²) in [4.78, 5) is 24.7. The van der Waals surface area contributed by atoms with Crippen molar-refractivity contribution in [2.75, 3.05) is 13.1 Å². The maximum absolute atomic E-state index is 11.4. The number of nitrogens with zero attached hydrogens (tertiary/aromatic N) is 4. The Morgan fingerprint density at radius 1 is 1.40 bits per heavy atom. The number of piperidine rings is 1. The van der Waals surface area contributed by atoms with Gasteiger partial charge in [-0.05, 0) is 19.4 Å². The smallest absolute Gasteiger partial charge is 0.287 e. The molecule has 5 N–H and O–H groups in total. The van der Waals surface area contributed by atoms with E-state index in [1.165, 1.54) is 6.20 Å². The van der Waals surface area contributed by atoms with Gasteiger partial charge in [0.25, 0.3) is 5.91 Å². The van der Waals surface area contributed by atoms with Gasteiger partial charge >= 0.3 is 0 Å². The molecule has 1 aliphatic heterocycles. The van der Waals surface area contributed by atoms with Gasteiger partial charge in [0.2, 0.25) is 5.91 Å². The van der Waals surface area contributed by atoms with Crippen molar-refractivity contribution in [1.29, 1.82) is 0 Å². The van der Waals surface area contributed by atoms with Crippen LogP contribution in [0.3, 0.4) is 0 Å². The Kier molecular flexibility index (Phi) is 4.64. The van der Waals surface area contributed by atoms with E-state index in [1.807, 2.05) is 5.43 Å². The molecule has 20 heavy (non-hydrogen) atoms. The predicted molar refractivity (Wildman–Crippen MR) is 70.1 cm³/mol. The molecule has 1 aromatic heterocycles. The number of aromatic nitrogens is 3. The Morgan fingerprint density at radius 3 is 2.90 bits per heavy atom. The molecule has 9 heteroatoms. The summed E-state index contributed by atoms with van der Waals surface area (Å²) in [6, 6.07) is -0.209. The summed E-state index contributed by atoms with van der Waals surface area (Å²) in [6.07, 6.45) is 4.40. The number of amides is 2. The maximum Gasteiger partial charge on any atom is 0.287 e. The molecule has 2 rings (SSSR count). The number of hydrazine groups is 1. The van der Waals surface area contributed by atoms with Crippen molar-refractivity contribution in [2.24, 2.45) is 11.6 Å². The number of nitrogens with one attached hydrogen (secondary N) is 1. The third kappa shape index (κ3) is 3.31. The van der Waals surface area contributed by atoms with Crippen molar-refractivity contribution in [3.8, 4) is 0 Å². The van der Waals surface area contributed by atoms with Crippen LogP contribution in [0.15, 0.2) is 6.20 Å². The second kappa shape index (κ2) is 6.44. The molecule has 9 nitrogen and oxygen atoms in total. The van der Waals surface area contributed by atoms with Crippen molar-refractivity contribution in [2.45, 2.75) is 31.8 Å². The lowest BCUT2D eigenvalue weighted by molar-refractivity contribution is -0.124. The molecule has 1 atom stereocenters. The molecule has 0 radical (unpaired) electrons. The first-order valence-electron chi connectivity index (χ1n) is 6.56. The fourth-order valence-corrected chi connectivity index (χ4v) is 2.40. The Labute approximate surface area is 116 Å². The number of rotatable bonds is 5. The van der Waals surface area contributed by atoms with E-state index >= 15 is 0 Å². The number of nitrogen functional groups attached to an aromatic ring is 1. The Bertz CT molecular complexity index is 487. The van der Waals surface area contributed by atoms with Crippen LogP contribution in [0, 0.1) is 0 Å². The summed E-state index contributed by atoms with van der Waals surface area (Å²) in [5.74, 6) is 4.25. The first-order chi connectivity index (χ1) is 9.61. The van der Waals surface area contributed by atoms with Gasteiger partial charge in [-0.15, -0.1) is 5.10 Å². The molecule has 1 aliphatic rings. The van der Waals surface area contributed by atoms with E-state index < -0.39 is 5.91 Å². The zero-order valence-corrected chi connectivity index (χ0v) is 11.2. The van der Waals surface area contributed by atoms with E-state index in [0.717, 1.165) is 25.8 Å². The van der Waals surface area contributed by atoms with E-state index in [0.29, 0.717) is 13.1 Å². The van der Waals surface area contributed by atoms with Gasteiger partial charge in [0.05, 0.1) is 18.8 Å². The van der Waals surface area contributed by atoms with Crippen LogP contribution in [-0.4, -0.2) is 50.8 Å². The van der Waals surface area contributed by atoms with Crippen LogP contribution >= 0.6 is 0 Å². The van der Waals surface area contributed by atoms with Crippen molar-refractivity contribution in [3.05, 3.63) is 11.9 Å². The molecule has 0 spiro atoms. The van der Waals surface area contributed by atoms with Crippen LogP contribution in [0.2, 0.25) is 0 Å². The summed E-state index contributed by atoms with van der Waals surface area (Å²) in [7, 11) is 0. The number of nitrogens with two attached hydrogens (primary N) is 2. The predicted octanol–water partition coefficient (Wildman–Crippen LogP) is -1.78. The van der Waals surface area contributed by atoms with Gasteiger partial charge < -0.3 is 5.73 Å². The molecule has 0 bridgehead atoms. The molecule has 110 valence electrons. The summed E-state index contributed by atoms with van der Waals surface area (Å²) < 4.78 is 1.55. The fourth-order valence-electron chi connectivity index (χ4n) is 2.40. The largest absolute Gasteiger partial charge is 0.368 e. The monoisotopic (exact) mass is 281 g/mol. The minimum absolute atomic E-state index is 0.164. The van der Waals surface area contributed by atoms with Crippen molar-refractivity contribution < 1.29 is 9.59 Å². The van der Waals surface area contributed by atoms with Crippen LogP contribution in [0.5, 0.6) is 0 Å². The van der Waals surface area contributed by atoms with E-state index in [2.05, 4.69) is 15.2 Å².